The quantitative estimate of drug-likeness (QED) is 0.511. The Balaban J connectivity index is 1.97. The maximum Gasteiger partial charge on any atom is 0.238 e. The van der Waals surface area contributed by atoms with Gasteiger partial charge in [0.1, 0.15) is 0 Å². The van der Waals surface area contributed by atoms with E-state index >= 15 is 0 Å². The van der Waals surface area contributed by atoms with Crippen molar-refractivity contribution in [1.82, 2.24) is 10.6 Å². The number of primary sulfonamides is 1. The molecular formula is C19H26N4O2S. The second kappa shape index (κ2) is 9.35. The maximum absolute atomic E-state index is 11.3. The average Bonchev–Trinajstić information content (AvgIpc) is 2.64. The van der Waals surface area contributed by atoms with Crippen LogP contribution in [0, 0.1) is 0 Å². The molecule has 4 N–H and O–H groups in total. The highest BCUT2D eigenvalue weighted by molar-refractivity contribution is 7.89. The number of guanidine groups is 1. The van der Waals surface area contributed by atoms with Crippen molar-refractivity contribution in [2.24, 2.45) is 10.1 Å². The van der Waals surface area contributed by atoms with Crippen molar-refractivity contribution < 1.29 is 8.42 Å². The molecule has 7 heteroatoms. The molecule has 1 unspecified atom stereocenters. The van der Waals surface area contributed by atoms with Crippen molar-refractivity contribution >= 4 is 16.0 Å². The first kappa shape index (κ1) is 19.9. The van der Waals surface area contributed by atoms with Crippen LogP contribution in [0.4, 0.5) is 0 Å². The molecule has 0 aliphatic carbocycles. The zero-order chi connectivity index (χ0) is 19.0. The molecule has 0 saturated heterocycles. The molecule has 0 fully saturated rings. The van der Waals surface area contributed by atoms with E-state index in [1.54, 1.807) is 12.1 Å². The van der Waals surface area contributed by atoms with Crippen LogP contribution in [0.25, 0.3) is 0 Å². The molecule has 1 atom stereocenters. The lowest BCUT2D eigenvalue weighted by atomic mass is 10.0. The minimum Gasteiger partial charge on any atom is -0.357 e. The van der Waals surface area contributed by atoms with Crippen molar-refractivity contribution in [3.05, 3.63) is 65.7 Å². The molecule has 0 radical (unpaired) electrons. The number of benzene rings is 2. The third kappa shape index (κ3) is 6.16. The van der Waals surface area contributed by atoms with Gasteiger partial charge >= 0.3 is 0 Å². The third-order valence-corrected chi connectivity index (χ3v) is 4.89. The van der Waals surface area contributed by atoms with Crippen molar-refractivity contribution in [2.45, 2.75) is 31.2 Å². The fourth-order valence-electron chi connectivity index (χ4n) is 2.45. The molecule has 2 rings (SSSR count). The number of nitrogens with zero attached hydrogens (tertiary/aromatic N) is 1. The van der Waals surface area contributed by atoms with Crippen LogP contribution in [0.15, 0.2) is 64.5 Å². The van der Waals surface area contributed by atoms with Crippen LogP contribution < -0.4 is 15.8 Å². The fraction of sp³-hybridized carbons (Fsp3) is 0.316. The molecule has 2 aromatic carbocycles. The van der Waals surface area contributed by atoms with Crippen molar-refractivity contribution in [3.63, 3.8) is 0 Å². The van der Waals surface area contributed by atoms with Gasteiger partial charge in [-0.05, 0) is 36.1 Å². The number of hydrogen-bond donors (Lipinski definition) is 3. The average molecular weight is 375 g/mol. The van der Waals surface area contributed by atoms with Gasteiger partial charge in [-0.15, -0.1) is 0 Å². The van der Waals surface area contributed by atoms with E-state index in [-0.39, 0.29) is 4.90 Å². The minimum atomic E-state index is -3.66. The van der Waals surface area contributed by atoms with E-state index in [1.165, 1.54) is 17.7 Å². The monoisotopic (exact) mass is 374 g/mol. The van der Waals surface area contributed by atoms with Gasteiger partial charge in [-0.3, -0.25) is 0 Å². The summed E-state index contributed by atoms with van der Waals surface area (Å²) in [6, 6.07) is 16.8. The van der Waals surface area contributed by atoms with Crippen molar-refractivity contribution in [2.75, 3.05) is 13.1 Å². The Hall–Kier alpha value is -2.38. The summed E-state index contributed by atoms with van der Waals surface area (Å²) in [5, 5.41) is 11.7. The predicted molar refractivity (Wildman–Crippen MR) is 105 cm³/mol. The molecule has 0 aliphatic heterocycles. The van der Waals surface area contributed by atoms with Gasteiger partial charge in [-0.25, -0.2) is 18.5 Å². The Bertz CT molecular complexity index is 818. The van der Waals surface area contributed by atoms with Crippen molar-refractivity contribution in [1.29, 1.82) is 0 Å². The van der Waals surface area contributed by atoms with E-state index in [1.807, 2.05) is 25.1 Å². The molecular weight excluding hydrogens is 348 g/mol. The van der Waals surface area contributed by atoms with Crippen molar-refractivity contribution in [3.8, 4) is 0 Å². The van der Waals surface area contributed by atoms with Crippen LogP contribution >= 0.6 is 0 Å². The third-order valence-electron chi connectivity index (χ3n) is 3.96. The van der Waals surface area contributed by atoms with Crippen LogP contribution in [-0.2, 0) is 16.6 Å². The molecule has 0 saturated carbocycles. The van der Waals surface area contributed by atoms with Gasteiger partial charge in [-0.1, -0.05) is 49.4 Å². The summed E-state index contributed by atoms with van der Waals surface area (Å²) in [4.78, 5) is 4.66. The zero-order valence-corrected chi connectivity index (χ0v) is 16.0. The Morgan fingerprint density at radius 2 is 1.73 bits per heavy atom. The molecule has 26 heavy (non-hydrogen) atoms. The van der Waals surface area contributed by atoms with E-state index in [4.69, 9.17) is 5.14 Å². The number of hydrogen-bond acceptors (Lipinski definition) is 3. The predicted octanol–water partition coefficient (Wildman–Crippen LogP) is 2.19. The largest absolute Gasteiger partial charge is 0.357 e. The summed E-state index contributed by atoms with van der Waals surface area (Å²) < 4.78 is 22.6. The highest BCUT2D eigenvalue weighted by atomic mass is 32.2. The summed E-state index contributed by atoms with van der Waals surface area (Å²) in [6.07, 6.45) is 0. The van der Waals surface area contributed by atoms with Gasteiger partial charge in [0.25, 0.3) is 0 Å². The van der Waals surface area contributed by atoms with Gasteiger partial charge in [0.05, 0.1) is 11.4 Å². The molecule has 0 aliphatic rings. The standard InChI is InChI=1S/C19H26N4O2S/c1-3-21-19(22-13-15(2)17-7-5-4-6-8-17)23-14-16-9-11-18(12-10-16)26(20,24)25/h4-12,15H,3,13-14H2,1-2H3,(H2,20,24,25)(H2,21,22,23). The zero-order valence-electron chi connectivity index (χ0n) is 15.1. The molecule has 0 amide bonds. The number of sulfonamides is 1. The number of aliphatic imine (C=N–C) groups is 1. The maximum atomic E-state index is 11.3. The second-order valence-corrected chi connectivity index (χ2v) is 7.64. The summed E-state index contributed by atoms with van der Waals surface area (Å²) >= 11 is 0. The van der Waals surface area contributed by atoms with E-state index in [0.717, 1.165) is 24.6 Å². The van der Waals surface area contributed by atoms with Crippen LogP contribution in [0.5, 0.6) is 0 Å². The molecule has 0 bridgehead atoms. The van der Waals surface area contributed by atoms with E-state index in [0.29, 0.717) is 12.5 Å². The van der Waals surface area contributed by atoms with Gasteiger partial charge in [0.2, 0.25) is 10.0 Å². The van der Waals surface area contributed by atoms with Gasteiger partial charge in [0, 0.05) is 13.1 Å². The number of nitrogens with one attached hydrogen (secondary N) is 2. The minimum absolute atomic E-state index is 0.104. The SMILES string of the molecule is CCNC(=NCc1ccc(S(N)(=O)=O)cc1)NCC(C)c1ccccc1. The van der Waals surface area contributed by atoms with E-state index in [2.05, 4.69) is 34.7 Å². The number of nitrogens with two attached hydrogens (primary N) is 1. The molecule has 140 valence electrons. The molecule has 6 nitrogen and oxygen atoms in total. The summed E-state index contributed by atoms with van der Waals surface area (Å²) in [6.45, 7) is 6.15. The lowest BCUT2D eigenvalue weighted by molar-refractivity contribution is 0.598. The summed E-state index contributed by atoms with van der Waals surface area (Å²) in [5.41, 5.74) is 2.18. The number of rotatable bonds is 7. The van der Waals surface area contributed by atoms with E-state index in [9.17, 15) is 8.42 Å². The Morgan fingerprint density at radius 1 is 1.08 bits per heavy atom. The first-order valence-corrected chi connectivity index (χ1v) is 10.1. The second-order valence-electron chi connectivity index (χ2n) is 6.08. The lowest BCUT2D eigenvalue weighted by Crippen LogP contribution is -2.39. The Labute approximate surface area is 155 Å². The van der Waals surface area contributed by atoms with E-state index < -0.39 is 10.0 Å². The van der Waals surface area contributed by atoms with Crippen LogP contribution in [0.2, 0.25) is 0 Å². The Morgan fingerprint density at radius 3 is 2.31 bits per heavy atom. The fourth-order valence-corrected chi connectivity index (χ4v) is 2.96. The summed E-state index contributed by atoms with van der Waals surface area (Å²) in [5.74, 6) is 1.08. The first-order valence-electron chi connectivity index (χ1n) is 8.59. The van der Waals surface area contributed by atoms with Crippen LogP contribution in [0.1, 0.15) is 30.9 Å². The topological polar surface area (TPSA) is 96.6 Å². The normalized spacial score (nSPS) is 13.3. The van der Waals surface area contributed by atoms with Gasteiger partial charge in [0.15, 0.2) is 5.96 Å². The van der Waals surface area contributed by atoms with Crippen LogP contribution in [-0.4, -0.2) is 27.5 Å². The highest BCUT2D eigenvalue weighted by Gasteiger charge is 2.08. The Kier molecular flexibility index (Phi) is 7.17. The first-order chi connectivity index (χ1) is 12.4. The molecule has 0 spiro atoms. The van der Waals surface area contributed by atoms with Gasteiger partial charge in [-0.2, -0.15) is 0 Å². The molecule has 0 aromatic heterocycles. The summed E-state index contributed by atoms with van der Waals surface area (Å²) in [7, 11) is -3.66. The smallest absolute Gasteiger partial charge is 0.238 e. The highest BCUT2D eigenvalue weighted by Crippen LogP contribution is 2.13. The molecule has 2 aromatic rings. The molecule has 0 heterocycles. The van der Waals surface area contributed by atoms with Crippen LogP contribution in [0.3, 0.4) is 0 Å². The lowest BCUT2D eigenvalue weighted by Gasteiger charge is -2.16. The van der Waals surface area contributed by atoms with Gasteiger partial charge < -0.3 is 10.6 Å².